The number of nitriles is 1. The summed E-state index contributed by atoms with van der Waals surface area (Å²) in [5, 5.41) is 16.2. The van der Waals surface area contributed by atoms with Gasteiger partial charge >= 0.3 is 0 Å². The van der Waals surface area contributed by atoms with E-state index in [0.717, 1.165) is 50.3 Å². The molecule has 4 heteroatoms. The zero-order chi connectivity index (χ0) is 18.4. The van der Waals surface area contributed by atoms with Gasteiger partial charge in [-0.2, -0.15) is 5.26 Å². The molecule has 0 atom stereocenters. The van der Waals surface area contributed by atoms with E-state index in [9.17, 15) is 0 Å². The summed E-state index contributed by atoms with van der Waals surface area (Å²) in [6.45, 7) is 15.0. The fourth-order valence-electron chi connectivity index (χ4n) is 2.02. The van der Waals surface area contributed by atoms with Crippen molar-refractivity contribution >= 4 is 11.4 Å². The van der Waals surface area contributed by atoms with E-state index in [1.54, 1.807) is 0 Å². The Hall–Kier alpha value is -1.99. The van der Waals surface area contributed by atoms with E-state index < -0.39 is 0 Å². The lowest BCUT2D eigenvalue weighted by Gasteiger charge is -2.27. The molecule has 0 saturated carbocycles. The molecule has 0 bridgehead atoms. The summed E-state index contributed by atoms with van der Waals surface area (Å²) >= 11 is 0. The van der Waals surface area contributed by atoms with Crippen LogP contribution in [0.5, 0.6) is 0 Å². The number of hydrogen-bond acceptors (Lipinski definition) is 4. The van der Waals surface area contributed by atoms with E-state index in [1.165, 1.54) is 24.3 Å². The summed E-state index contributed by atoms with van der Waals surface area (Å²) in [5.74, 6) is 0. The molecule has 0 aliphatic carbocycles. The average Bonchev–Trinajstić information content (AvgIpc) is 2.62. The highest BCUT2D eigenvalue weighted by Gasteiger charge is 2.16. The molecule has 1 fully saturated rings. The Bertz CT molecular complexity index is 532. The number of hydrogen-bond donors (Lipinski definition) is 1. The van der Waals surface area contributed by atoms with Crippen molar-refractivity contribution in [2.24, 2.45) is 4.99 Å². The van der Waals surface area contributed by atoms with Crippen LogP contribution in [-0.4, -0.2) is 36.0 Å². The molecule has 1 aliphatic heterocycles. The fourth-order valence-corrected chi connectivity index (χ4v) is 2.02. The highest BCUT2D eigenvalue weighted by Crippen LogP contribution is 2.13. The van der Waals surface area contributed by atoms with Gasteiger partial charge in [0.1, 0.15) is 6.07 Å². The fraction of sp³-hybridized carbons (Fsp3) is 0.550. The van der Waals surface area contributed by atoms with Gasteiger partial charge in [-0.1, -0.05) is 45.9 Å². The molecule has 1 aliphatic rings. The van der Waals surface area contributed by atoms with Crippen molar-refractivity contribution in [1.82, 2.24) is 4.90 Å². The quantitative estimate of drug-likeness (QED) is 0.428. The second kappa shape index (κ2) is 13.4. The SMILES string of the molecule is C=C/C(C#N)=C\N=C(C)CC.CCC/C=C1/CN(CC)CCC1=N. The van der Waals surface area contributed by atoms with Gasteiger partial charge in [-0.25, -0.2) is 0 Å². The number of allylic oxidation sites excluding steroid dienone is 3. The summed E-state index contributed by atoms with van der Waals surface area (Å²) in [7, 11) is 0. The molecule has 132 valence electrons. The smallest absolute Gasteiger partial charge is 0.101 e. The Morgan fingerprint density at radius 2 is 2.12 bits per heavy atom. The van der Waals surface area contributed by atoms with Crippen LogP contribution in [0.1, 0.15) is 53.4 Å². The third kappa shape index (κ3) is 9.22. The van der Waals surface area contributed by atoms with Gasteiger partial charge in [0.15, 0.2) is 0 Å². The Balaban J connectivity index is 0.000000449. The number of nitrogens with zero attached hydrogens (tertiary/aromatic N) is 3. The van der Waals surface area contributed by atoms with Crippen molar-refractivity contribution < 1.29 is 0 Å². The minimum atomic E-state index is 0.498. The van der Waals surface area contributed by atoms with Crippen LogP contribution in [0.3, 0.4) is 0 Å². The van der Waals surface area contributed by atoms with E-state index >= 15 is 0 Å². The summed E-state index contributed by atoms with van der Waals surface area (Å²) in [6, 6.07) is 1.97. The molecule has 24 heavy (non-hydrogen) atoms. The zero-order valence-corrected chi connectivity index (χ0v) is 15.7. The maximum atomic E-state index is 8.45. The Morgan fingerprint density at radius 1 is 1.42 bits per heavy atom. The molecular weight excluding hydrogens is 296 g/mol. The molecule has 1 N–H and O–H groups in total. The van der Waals surface area contributed by atoms with Crippen LogP contribution >= 0.6 is 0 Å². The van der Waals surface area contributed by atoms with Gasteiger partial charge in [0.2, 0.25) is 0 Å². The van der Waals surface area contributed by atoms with Gasteiger partial charge in [0.05, 0.1) is 5.57 Å². The van der Waals surface area contributed by atoms with E-state index in [4.69, 9.17) is 10.7 Å². The number of aliphatic imine (C=N–C) groups is 1. The monoisotopic (exact) mass is 328 g/mol. The Morgan fingerprint density at radius 3 is 2.62 bits per heavy atom. The third-order valence-electron chi connectivity index (χ3n) is 3.87. The minimum Gasteiger partial charge on any atom is -0.305 e. The van der Waals surface area contributed by atoms with Gasteiger partial charge in [0, 0.05) is 37.1 Å². The first kappa shape index (κ1) is 22.0. The van der Waals surface area contributed by atoms with E-state index in [-0.39, 0.29) is 0 Å². The molecule has 0 radical (unpaired) electrons. The second-order valence-electron chi connectivity index (χ2n) is 5.73. The molecule has 4 nitrogen and oxygen atoms in total. The third-order valence-corrected chi connectivity index (χ3v) is 3.87. The van der Waals surface area contributed by atoms with E-state index in [2.05, 4.69) is 36.4 Å². The van der Waals surface area contributed by atoms with Crippen LogP contribution in [0.15, 0.2) is 41.1 Å². The second-order valence-corrected chi connectivity index (χ2v) is 5.73. The Kier molecular flexibility index (Phi) is 12.3. The number of unbranched alkanes of at least 4 members (excludes halogenated alkanes) is 1. The normalized spacial score (nSPS) is 18.0. The standard InChI is InChI=1S/C11H20N2.C9H12N2/c1-3-5-6-10-9-13(4-2)8-7-11(10)12;1-4-8(3)11-7-9(5-2)6-10/h6,12H,3-5,7-9H2,1-2H3;5,7H,2,4H2,1,3H3/b10-6-,12-11?;9-7+,11-8?. The maximum absolute atomic E-state index is 8.45. The highest BCUT2D eigenvalue weighted by atomic mass is 15.1. The molecule has 0 spiro atoms. The van der Waals surface area contributed by atoms with Crippen LogP contribution in [0.2, 0.25) is 0 Å². The molecule has 0 aromatic carbocycles. The van der Waals surface area contributed by atoms with Crippen LogP contribution in [0.25, 0.3) is 0 Å². The molecule has 0 aromatic heterocycles. The van der Waals surface area contributed by atoms with Gasteiger partial charge in [0.25, 0.3) is 0 Å². The summed E-state index contributed by atoms with van der Waals surface area (Å²) in [5.41, 5.74) is 3.63. The lowest BCUT2D eigenvalue weighted by atomic mass is 10.0. The van der Waals surface area contributed by atoms with Crippen molar-refractivity contribution in [3.63, 3.8) is 0 Å². The number of rotatable bonds is 6. The van der Waals surface area contributed by atoms with Crippen LogP contribution < -0.4 is 0 Å². The molecular formula is C20H32N4. The first-order chi connectivity index (χ1) is 11.5. The number of likely N-dealkylation sites (N-methyl/N-ethyl adjacent to an activating group) is 1. The number of likely N-dealkylation sites (tertiary alicyclic amines) is 1. The van der Waals surface area contributed by atoms with Crippen LogP contribution in [0.4, 0.5) is 0 Å². The Labute approximate surface area is 147 Å². The molecule has 1 saturated heterocycles. The van der Waals surface area contributed by atoms with Crippen molar-refractivity contribution in [2.45, 2.75) is 53.4 Å². The lowest BCUT2D eigenvalue weighted by molar-refractivity contribution is 0.313. The largest absolute Gasteiger partial charge is 0.305 e. The van der Waals surface area contributed by atoms with E-state index in [0.29, 0.717) is 5.57 Å². The van der Waals surface area contributed by atoms with Crippen molar-refractivity contribution in [3.8, 4) is 6.07 Å². The predicted octanol–water partition coefficient (Wildman–Crippen LogP) is 4.91. The summed E-state index contributed by atoms with van der Waals surface area (Å²) < 4.78 is 0. The van der Waals surface area contributed by atoms with Gasteiger partial charge in [-0.3, -0.25) is 9.89 Å². The van der Waals surface area contributed by atoms with Gasteiger partial charge < -0.3 is 5.41 Å². The van der Waals surface area contributed by atoms with Crippen molar-refractivity contribution in [2.75, 3.05) is 19.6 Å². The topological polar surface area (TPSA) is 63.2 Å². The van der Waals surface area contributed by atoms with Crippen molar-refractivity contribution in [1.29, 1.82) is 10.7 Å². The van der Waals surface area contributed by atoms with E-state index in [1.807, 2.05) is 19.9 Å². The maximum Gasteiger partial charge on any atom is 0.101 e. The lowest BCUT2D eigenvalue weighted by Crippen LogP contribution is -2.35. The first-order valence-electron chi connectivity index (χ1n) is 8.77. The molecule has 1 rings (SSSR count). The molecule has 0 amide bonds. The molecule has 1 heterocycles. The highest BCUT2D eigenvalue weighted by molar-refractivity contribution is 5.98. The van der Waals surface area contributed by atoms with Crippen molar-refractivity contribution in [3.05, 3.63) is 36.1 Å². The summed E-state index contributed by atoms with van der Waals surface area (Å²) in [4.78, 5) is 6.45. The predicted molar refractivity (Wildman–Crippen MR) is 105 cm³/mol. The molecule has 0 aromatic rings. The average molecular weight is 329 g/mol. The molecule has 0 unspecified atom stereocenters. The number of nitrogens with one attached hydrogen (secondary N) is 1. The summed E-state index contributed by atoms with van der Waals surface area (Å²) in [6.07, 6.45) is 9.41. The van der Waals surface area contributed by atoms with Gasteiger partial charge in [-0.05, 0) is 31.9 Å². The van der Waals surface area contributed by atoms with Gasteiger partial charge in [-0.15, -0.1) is 0 Å². The minimum absolute atomic E-state index is 0.498. The van der Waals surface area contributed by atoms with Crippen LogP contribution in [-0.2, 0) is 0 Å². The number of piperidine rings is 1. The van der Waals surface area contributed by atoms with Crippen LogP contribution in [0, 0.1) is 16.7 Å². The first-order valence-corrected chi connectivity index (χ1v) is 8.77. The zero-order valence-electron chi connectivity index (χ0n) is 15.7.